The van der Waals surface area contributed by atoms with Crippen LogP contribution in [0.4, 0.5) is 26.7 Å². The van der Waals surface area contributed by atoms with Crippen molar-refractivity contribution >= 4 is 6.09 Å². The number of halogens is 5. The number of rotatable bonds is 7. The van der Waals surface area contributed by atoms with E-state index in [1.165, 1.54) is 17.0 Å². The van der Waals surface area contributed by atoms with Gasteiger partial charge >= 0.3 is 12.3 Å². The fourth-order valence-electron chi connectivity index (χ4n) is 6.35. The van der Waals surface area contributed by atoms with Crippen LogP contribution in [-0.2, 0) is 24.1 Å². The number of hydrogen-bond acceptors (Lipinski definition) is 4. The Morgan fingerprint density at radius 3 is 2.33 bits per heavy atom. The van der Waals surface area contributed by atoms with E-state index in [0.29, 0.717) is 29.7 Å². The molecule has 1 saturated heterocycles. The molecule has 0 unspecified atom stereocenters. The summed E-state index contributed by atoms with van der Waals surface area (Å²) in [6.07, 6.45) is -1.85. The lowest BCUT2D eigenvalue weighted by Gasteiger charge is -2.26. The smallest absolute Gasteiger partial charge is 0.416 e. The molecule has 2 aliphatic carbocycles. The lowest BCUT2D eigenvalue weighted by molar-refractivity contribution is -0.137. The number of aliphatic hydroxyl groups is 1. The van der Waals surface area contributed by atoms with Crippen molar-refractivity contribution in [2.45, 2.75) is 94.9 Å². The van der Waals surface area contributed by atoms with Crippen molar-refractivity contribution in [3.63, 3.8) is 0 Å². The molecule has 3 aromatic rings. The molecule has 2 heterocycles. The van der Waals surface area contributed by atoms with Gasteiger partial charge in [0.1, 0.15) is 18.6 Å². The molecule has 0 bridgehead atoms. The van der Waals surface area contributed by atoms with Crippen LogP contribution < -0.4 is 0 Å². The third kappa shape index (κ3) is 6.12. The number of alkyl halides is 4. The van der Waals surface area contributed by atoms with Gasteiger partial charge in [0.05, 0.1) is 29.9 Å². The molecule has 0 radical (unpaired) electrons. The van der Waals surface area contributed by atoms with E-state index in [0.717, 1.165) is 49.1 Å². The maximum atomic E-state index is 15.4. The second-order valence-electron chi connectivity index (χ2n) is 12.0. The first-order valence-electron chi connectivity index (χ1n) is 14.7. The molecule has 3 fully saturated rings. The lowest BCUT2D eigenvalue weighted by Crippen LogP contribution is -2.32. The number of carbonyl (C=O) groups excluding carboxylic acids is 1. The van der Waals surface area contributed by atoms with Crippen molar-refractivity contribution < 1.29 is 36.6 Å². The van der Waals surface area contributed by atoms with Crippen molar-refractivity contribution in [3.8, 4) is 11.1 Å². The molecule has 5 nitrogen and oxygen atoms in total. The highest BCUT2D eigenvalue weighted by Crippen LogP contribution is 2.43. The molecule has 228 valence electrons. The second kappa shape index (κ2) is 11.5. The van der Waals surface area contributed by atoms with E-state index in [4.69, 9.17) is 9.72 Å². The number of nitrogens with zero attached hydrogens (tertiary/aromatic N) is 2. The molecule has 6 rings (SSSR count). The van der Waals surface area contributed by atoms with Crippen molar-refractivity contribution in [3.05, 3.63) is 88.0 Å². The zero-order valence-corrected chi connectivity index (χ0v) is 23.7. The van der Waals surface area contributed by atoms with Crippen LogP contribution in [0.3, 0.4) is 0 Å². The zero-order valence-electron chi connectivity index (χ0n) is 23.7. The summed E-state index contributed by atoms with van der Waals surface area (Å²) >= 11 is 0. The van der Waals surface area contributed by atoms with Crippen LogP contribution >= 0.6 is 0 Å². The van der Waals surface area contributed by atoms with E-state index in [-0.39, 0.29) is 35.6 Å². The quantitative estimate of drug-likeness (QED) is 0.277. The van der Waals surface area contributed by atoms with E-state index < -0.39 is 42.5 Å². The van der Waals surface area contributed by atoms with Crippen LogP contribution in [0, 0.1) is 5.82 Å². The summed E-state index contributed by atoms with van der Waals surface area (Å²) in [7, 11) is 0. The standard InChI is InChI=1S/C33H33F5N2O3/c1-18-31(23-12-19(16-34)13-24(14-23)33(36,37)38)43-32(42)40(18)17-30-26(9-11-29(39-30)21-2-3-21)27-15-22(6-10-28(27)35)20-4-7-25(41)8-5-20/h6,9-15,18,20-21,25,31,41H,2-5,7-8,16-17H2,1H3/t18-,20?,25?,31-/m0/s1. The van der Waals surface area contributed by atoms with Crippen LogP contribution in [-0.4, -0.2) is 33.2 Å². The van der Waals surface area contributed by atoms with Gasteiger partial charge in [-0.05, 0) is 104 Å². The van der Waals surface area contributed by atoms with E-state index in [2.05, 4.69) is 0 Å². The summed E-state index contributed by atoms with van der Waals surface area (Å²) in [6.45, 7) is 0.525. The average molecular weight is 601 g/mol. The number of aromatic nitrogens is 1. The Bertz CT molecular complexity index is 1510. The number of cyclic esters (lactones) is 1. The molecule has 1 aliphatic heterocycles. The van der Waals surface area contributed by atoms with Crippen LogP contribution in [0.1, 0.15) is 97.0 Å². The van der Waals surface area contributed by atoms with Crippen LogP contribution in [0.25, 0.3) is 11.1 Å². The average Bonchev–Trinajstić information content (AvgIpc) is 3.80. The van der Waals surface area contributed by atoms with Gasteiger partial charge in [0.2, 0.25) is 0 Å². The number of aliphatic hydroxyl groups excluding tert-OH is 1. The first-order valence-corrected chi connectivity index (χ1v) is 14.7. The topological polar surface area (TPSA) is 62.7 Å². The van der Waals surface area contributed by atoms with Gasteiger partial charge in [-0.2, -0.15) is 13.2 Å². The molecule has 2 saturated carbocycles. The first kappa shape index (κ1) is 29.5. The normalized spacial score (nSPS) is 24.3. The highest BCUT2D eigenvalue weighted by atomic mass is 19.4. The number of pyridine rings is 1. The van der Waals surface area contributed by atoms with Crippen LogP contribution in [0.15, 0.2) is 48.5 Å². The summed E-state index contributed by atoms with van der Waals surface area (Å²) in [6, 6.07) is 11.0. The summed E-state index contributed by atoms with van der Waals surface area (Å²) in [5.74, 6) is 0.0537. The van der Waals surface area contributed by atoms with Gasteiger partial charge in [-0.3, -0.25) is 9.88 Å². The van der Waals surface area contributed by atoms with Gasteiger partial charge < -0.3 is 9.84 Å². The number of amides is 1. The predicted octanol–water partition coefficient (Wildman–Crippen LogP) is 8.35. The minimum atomic E-state index is -4.69. The maximum Gasteiger partial charge on any atom is 0.416 e. The summed E-state index contributed by atoms with van der Waals surface area (Å²) in [4.78, 5) is 19.4. The molecule has 3 aliphatic rings. The van der Waals surface area contributed by atoms with Gasteiger partial charge in [-0.1, -0.05) is 12.1 Å². The fourth-order valence-corrected chi connectivity index (χ4v) is 6.35. The van der Waals surface area contributed by atoms with Crippen molar-refractivity contribution in [2.24, 2.45) is 0 Å². The zero-order chi connectivity index (χ0) is 30.5. The number of hydrogen-bond donors (Lipinski definition) is 1. The molecular weight excluding hydrogens is 567 g/mol. The molecule has 0 spiro atoms. The highest BCUT2D eigenvalue weighted by molar-refractivity contribution is 5.73. The first-order chi connectivity index (χ1) is 20.5. The van der Waals surface area contributed by atoms with Crippen LogP contribution in [0.5, 0.6) is 0 Å². The Labute approximate surface area is 246 Å². The minimum Gasteiger partial charge on any atom is -0.439 e. The van der Waals surface area contributed by atoms with E-state index in [9.17, 15) is 27.5 Å². The molecule has 1 amide bonds. The molecule has 1 aromatic heterocycles. The largest absolute Gasteiger partial charge is 0.439 e. The van der Waals surface area contributed by atoms with Crippen molar-refractivity contribution in [1.82, 2.24) is 9.88 Å². The Balaban J connectivity index is 1.33. The maximum absolute atomic E-state index is 15.4. The Morgan fingerprint density at radius 2 is 1.65 bits per heavy atom. The molecule has 43 heavy (non-hydrogen) atoms. The fraction of sp³-hybridized carbons (Fsp3) is 0.455. The lowest BCUT2D eigenvalue weighted by atomic mass is 9.82. The monoisotopic (exact) mass is 600 g/mol. The van der Waals surface area contributed by atoms with Crippen molar-refractivity contribution in [2.75, 3.05) is 0 Å². The molecule has 10 heteroatoms. The van der Waals surface area contributed by atoms with E-state index in [1.54, 1.807) is 13.0 Å². The molecule has 1 N–H and O–H groups in total. The predicted molar refractivity (Wildman–Crippen MR) is 149 cm³/mol. The van der Waals surface area contributed by atoms with Gasteiger partial charge in [-0.25, -0.2) is 13.6 Å². The van der Waals surface area contributed by atoms with Crippen molar-refractivity contribution in [1.29, 1.82) is 0 Å². The van der Waals surface area contributed by atoms with E-state index >= 15 is 4.39 Å². The van der Waals surface area contributed by atoms with Gasteiger partial charge in [0, 0.05) is 22.7 Å². The Hall–Kier alpha value is -3.53. The third-order valence-electron chi connectivity index (χ3n) is 8.98. The number of benzene rings is 2. The van der Waals surface area contributed by atoms with Gasteiger partial charge in [0.25, 0.3) is 0 Å². The van der Waals surface area contributed by atoms with Crippen LogP contribution in [0.2, 0.25) is 0 Å². The summed E-state index contributed by atoms with van der Waals surface area (Å²) < 4.78 is 75.0. The SMILES string of the molecule is C[C@H]1[C@@H](c2cc(CF)cc(C(F)(F)F)c2)OC(=O)N1Cc1nc(C2CC2)ccc1-c1cc(C2CCC(O)CC2)ccc1F. The minimum absolute atomic E-state index is 0.0411. The summed E-state index contributed by atoms with van der Waals surface area (Å²) in [5, 5.41) is 9.93. The highest BCUT2D eigenvalue weighted by Gasteiger charge is 2.42. The van der Waals surface area contributed by atoms with E-state index in [1.807, 2.05) is 18.2 Å². The Morgan fingerprint density at radius 1 is 0.930 bits per heavy atom. The van der Waals surface area contributed by atoms with Gasteiger partial charge in [0.15, 0.2) is 0 Å². The second-order valence-corrected chi connectivity index (χ2v) is 12.0. The summed E-state index contributed by atoms with van der Waals surface area (Å²) in [5.41, 5.74) is 2.07. The number of ether oxygens (including phenoxy) is 1. The molecule has 2 atom stereocenters. The molecular formula is C33H33F5N2O3. The number of carbonyl (C=O) groups is 1. The third-order valence-corrected chi connectivity index (χ3v) is 8.98. The Kier molecular flexibility index (Phi) is 7.91. The molecule has 2 aromatic carbocycles. The van der Waals surface area contributed by atoms with Gasteiger partial charge in [-0.15, -0.1) is 0 Å².